The van der Waals surface area contributed by atoms with Crippen molar-refractivity contribution in [1.82, 2.24) is 24.9 Å². The number of rotatable bonds is 9. The quantitative estimate of drug-likeness (QED) is 0.446. The van der Waals surface area contributed by atoms with E-state index in [1.165, 1.54) is 30.8 Å². The third-order valence-electron chi connectivity index (χ3n) is 4.91. The predicted octanol–water partition coefficient (Wildman–Crippen LogP) is 3.44. The van der Waals surface area contributed by atoms with Gasteiger partial charge in [0.05, 0.1) is 52.1 Å². The van der Waals surface area contributed by atoms with E-state index in [2.05, 4.69) is 25.7 Å². The van der Waals surface area contributed by atoms with Gasteiger partial charge >= 0.3 is 0 Å². The maximum absolute atomic E-state index is 14.0. The minimum Gasteiger partial charge on any atom is -0.387 e. The maximum atomic E-state index is 14.0. The monoisotopic (exact) mass is 466 g/mol. The number of anilines is 1. The highest BCUT2D eigenvalue weighted by atomic mass is 35.5. The number of fused-ring (bicyclic) bond motifs is 1. The van der Waals surface area contributed by atoms with Crippen molar-refractivity contribution in [3.8, 4) is 11.3 Å². The van der Waals surface area contributed by atoms with Crippen LogP contribution in [0.25, 0.3) is 16.9 Å². The smallest absolute Gasteiger partial charge is 0.255 e. The molecular weight excluding hydrogens is 442 g/mol. The van der Waals surface area contributed by atoms with Crippen LogP contribution in [0.2, 0.25) is 5.02 Å². The third kappa shape index (κ3) is 5.49. The predicted molar refractivity (Wildman–Crippen MR) is 118 cm³/mol. The molecule has 0 aliphatic carbocycles. The zero-order chi connectivity index (χ0) is 23.5. The lowest BCUT2D eigenvalue weighted by atomic mass is 10.0. The van der Waals surface area contributed by atoms with E-state index >= 15 is 0 Å². The lowest BCUT2D eigenvalue weighted by Crippen LogP contribution is -2.42. The number of nitrogens with one attached hydrogen (secondary N) is 2. The van der Waals surface area contributed by atoms with Crippen LogP contribution in [0.5, 0.6) is 0 Å². The van der Waals surface area contributed by atoms with Crippen molar-refractivity contribution < 1.29 is 18.7 Å². The molecule has 0 saturated heterocycles. The van der Waals surface area contributed by atoms with Crippen molar-refractivity contribution in [2.45, 2.75) is 45.1 Å². The minimum atomic E-state index is -1.66. The van der Waals surface area contributed by atoms with Gasteiger partial charge in [-0.3, -0.25) is 9.78 Å². The number of amides is 1. The molecule has 0 radical (unpaired) electrons. The fourth-order valence-electron chi connectivity index (χ4n) is 2.85. The molecule has 3 heterocycles. The Hall–Kier alpha value is -2.85. The first kappa shape index (κ1) is 23.8. The Kier molecular flexibility index (Phi) is 7.25. The highest BCUT2D eigenvalue weighted by Crippen LogP contribution is 2.27. The van der Waals surface area contributed by atoms with Gasteiger partial charge in [0.2, 0.25) is 0 Å². The first-order chi connectivity index (χ1) is 15.1. The molecule has 2 unspecified atom stereocenters. The summed E-state index contributed by atoms with van der Waals surface area (Å²) in [5.74, 6) is -0.602. The van der Waals surface area contributed by atoms with E-state index in [1.54, 1.807) is 25.4 Å². The van der Waals surface area contributed by atoms with Crippen LogP contribution in [-0.2, 0) is 0 Å². The number of carbonyl (C=O) groups excluding carboxylic acids is 1. The van der Waals surface area contributed by atoms with Gasteiger partial charge in [-0.2, -0.15) is 5.10 Å². The second-order valence-corrected chi connectivity index (χ2v) is 8.37. The first-order valence-electron chi connectivity index (χ1n) is 10.1. The Morgan fingerprint density at radius 2 is 2.00 bits per heavy atom. The summed E-state index contributed by atoms with van der Waals surface area (Å²) >= 11 is 5.95. The normalized spacial score (nSPS) is 13.7. The van der Waals surface area contributed by atoms with Gasteiger partial charge in [0, 0.05) is 18.9 Å². The molecule has 0 saturated carbocycles. The molecule has 0 fully saturated rings. The summed E-state index contributed by atoms with van der Waals surface area (Å²) in [5.41, 5.74) is 0.407. The average Bonchev–Trinajstić information content (AvgIpc) is 3.17. The SMILES string of the molecule is CCC(F)CNc1cc(-c2cnn3cc(Cl)cnc23)ncc1C(=O)NCC(F)C(C)(C)O. The molecule has 172 valence electrons. The second kappa shape index (κ2) is 9.74. The number of aliphatic hydroxyl groups is 1. The van der Waals surface area contributed by atoms with Crippen LogP contribution < -0.4 is 10.6 Å². The molecule has 0 spiro atoms. The molecule has 2 atom stereocenters. The molecule has 3 N–H and O–H groups in total. The van der Waals surface area contributed by atoms with E-state index in [4.69, 9.17) is 11.6 Å². The summed E-state index contributed by atoms with van der Waals surface area (Å²) < 4.78 is 29.4. The summed E-state index contributed by atoms with van der Waals surface area (Å²) in [4.78, 5) is 21.3. The lowest BCUT2D eigenvalue weighted by molar-refractivity contribution is -0.00177. The van der Waals surface area contributed by atoms with Crippen molar-refractivity contribution in [3.05, 3.63) is 41.4 Å². The van der Waals surface area contributed by atoms with Crippen LogP contribution in [0.3, 0.4) is 0 Å². The van der Waals surface area contributed by atoms with Crippen molar-refractivity contribution in [2.75, 3.05) is 18.4 Å². The minimum absolute atomic E-state index is 0.0156. The van der Waals surface area contributed by atoms with Crippen molar-refractivity contribution in [2.24, 2.45) is 0 Å². The Bertz CT molecular complexity index is 1100. The molecular formula is C21H25ClF2N6O2. The number of alkyl halides is 2. The largest absolute Gasteiger partial charge is 0.387 e. The van der Waals surface area contributed by atoms with Gasteiger partial charge in [-0.1, -0.05) is 18.5 Å². The molecule has 11 heteroatoms. The fourth-order valence-corrected chi connectivity index (χ4v) is 3.00. The van der Waals surface area contributed by atoms with Crippen LogP contribution in [-0.4, -0.2) is 61.6 Å². The van der Waals surface area contributed by atoms with Crippen LogP contribution in [0.15, 0.2) is 30.9 Å². The van der Waals surface area contributed by atoms with Gasteiger partial charge in [-0.05, 0) is 26.3 Å². The molecule has 0 bridgehead atoms. The highest BCUT2D eigenvalue weighted by molar-refractivity contribution is 6.30. The average molecular weight is 467 g/mol. The van der Waals surface area contributed by atoms with Gasteiger partial charge < -0.3 is 15.7 Å². The number of carbonyl (C=O) groups is 1. The topological polar surface area (TPSA) is 104 Å². The van der Waals surface area contributed by atoms with E-state index in [1.807, 2.05) is 0 Å². The summed E-state index contributed by atoms with van der Waals surface area (Å²) in [6, 6.07) is 1.59. The third-order valence-corrected chi connectivity index (χ3v) is 5.11. The number of hydrogen-bond acceptors (Lipinski definition) is 6. The van der Waals surface area contributed by atoms with Crippen molar-refractivity contribution in [3.63, 3.8) is 0 Å². The molecule has 32 heavy (non-hydrogen) atoms. The van der Waals surface area contributed by atoms with Gasteiger partial charge in [0.15, 0.2) is 5.65 Å². The fraction of sp³-hybridized carbons (Fsp3) is 0.429. The summed E-state index contributed by atoms with van der Waals surface area (Å²) in [5, 5.41) is 19.7. The Morgan fingerprint density at radius 1 is 1.25 bits per heavy atom. The Morgan fingerprint density at radius 3 is 2.69 bits per heavy atom. The molecule has 3 rings (SSSR count). The van der Waals surface area contributed by atoms with E-state index < -0.39 is 23.9 Å². The van der Waals surface area contributed by atoms with Crippen LogP contribution in [0, 0.1) is 0 Å². The lowest BCUT2D eigenvalue weighted by Gasteiger charge is -2.22. The van der Waals surface area contributed by atoms with Crippen molar-refractivity contribution >= 4 is 28.8 Å². The molecule has 8 nitrogen and oxygen atoms in total. The maximum Gasteiger partial charge on any atom is 0.255 e. The highest BCUT2D eigenvalue weighted by Gasteiger charge is 2.27. The standard InChI is InChI=1S/C21H25ClF2N6O2/c1-4-13(23)7-25-17-5-16(14-9-29-30-11-12(22)6-27-19(14)30)26-8-15(17)20(31)28-10-18(24)21(2,3)32/h5-6,8-9,11,13,18,32H,4,7,10H2,1-3H3,(H,25,26)(H,28,31). The van der Waals surface area contributed by atoms with E-state index in [0.717, 1.165) is 0 Å². The van der Waals surface area contributed by atoms with Gasteiger partial charge in [0.25, 0.3) is 5.91 Å². The van der Waals surface area contributed by atoms with E-state index in [0.29, 0.717) is 34.0 Å². The van der Waals surface area contributed by atoms with Gasteiger partial charge in [-0.25, -0.2) is 18.3 Å². The molecule has 0 aromatic carbocycles. The number of pyridine rings is 1. The Balaban J connectivity index is 1.92. The number of aromatic nitrogens is 4. The van der Waals surface area contributed by atoms with E-state index in [-0.39, 0.29) is 18.7 Å². The summed E-state index contributed by atoms with van der Waals surface area (Å²) in [6.45, 7) is 3.94. The zero-order valence-corrected chi connectivity index (χ0v) is 18.7. The van der Waals surface area contributed by atoms with Crippen LogP contribution >= 0.6 is 11.6 Å². The molecule has 0 aliphatic heterocycles. The summed E-state index contributed by atoms with van der Waals surface area (Å²) in [6.07, 6.45) is 3.48. The number of halogens is 3. The molecule has 0 aliphatic rings. The molecule has 3 aromatic heterocycles. The summed E-state index contributed by atoms with van der Waals surface area (Å²) in [7, 11) is 0. The van der Waals surface area contributed by atoms with Gasteiger partial charge in [0.1, 0.15) is 12.3 Å². The van der Waals surface area contributed by atoms with Crippen molar-refractivity contribution in [1.29, 1.82) is 0 Å². The first-order valence-corrected chi connectivity index (χ1v) is 10.5. The van der Waals surface area contributed by atoms with Crippen LogP contribution in [0.4, 0.5) is 14.5 Å². The molecule has 1 amide bonds. The number of hydrogen-bond donors (Lipinski definition) is 3. The Labute approximate surface area is 189 Å². The van der Waals surface area contributed by atoms with E-state index in [9.17, 15) is 18.7 Å². The number of nitrogens with zero attached hydrogens (tertiary/aromatic N) is 4. The van der Waals surface area contributed by atoms with Crippen LogP contribution in [0.1, 0.15) is 37.6 Å². The second-order valence-electron chi connectivity index (χ2n) is 7.93. The van der Waals surface area contributed by atoms with Gasteiger partial charge in [-0.15, -0.1) is 0 Å². The molecule has 3 aromatic rings. The zero-order valence-electron chi connectivity index (χ0n) is 17.9.